The summed E-state index contributed by atoms with van der Waals surface area (Å²) < 4.78 is 5.72. The summed E-state index contributed by atoms with van der Waals surface area (Å²) in [6.45, 7) is 1.93. The molecule has 2 aromatic rings. The van der Waals surface area contributed by atoms with Gasteiger partial charge in [-0.3, -0.25) is 0 Å². The smallest absolute Gasteiger partial charge is 0.224 e. The Bertz CT molecular complexity index is 627. The van der Waals surface area contributed by atoms with Gasteiger partial charge < -0.3 is 4.74 Å². The molecule has 1 heterocycles. The fraction of sp³-hybridized carbons (Fsp3) is 0.286. The highest BCUT2D eigenvalue weighted by molar-refractivity contribution is 6.31. The van der Waals surface area contributed by atoms with Gasteiger partial charge in [0.05, 0.1) is 0 Å². The molecule has 1 fully saturated rings. The van der Waals surface area contributed by atoms with E-state index >= 15 is 0 Å². The quantitative estimate of drug-likeness (QED) is 0.766. The van der Waals surface area contributed by atoms with E-state index in [4.69, 9.17) is 27.9 Å². The topological polar surface area (TPSA) is 35.0 Å². The standard InChI is InChI=1S/C14H12Cl2N2O/c1-8-6-10(4-5-11(8)15)19-13-7-12(16)17-14(18-13)9-2-3-9/h4-7,9H,2-3H2,1H3. The zero-order valence-corrected chi connectivity index (χ0v) is 11.9. The summed E-state index contributed by atoms with van der Waals surface area (Å²) >= 11 is 12.0. The Labute approximate surface area is 121 Å². The van der Waals surface area contributed by atoms with Crippen molar-refractivity contribution in [3.8, 4) is 11.6 Å². The molecule has 3 nitrogen and oxygen atoms in total. The molecule has 0 amide bonds. The summed E-state index contributed by atoms with van der Waals surface area (Å²) in [6.07, 6.45) is 2.25. The molecule has 0 aliphatic heterocycles. The Hall–Kier alpha value is -1.32. The van der Waals surface area contributed by atoms with Gasteiger partial charge in [0.25, 0.3) is 0 Å². The Morgan fingerprint density at radius 3 is 2.63 bits per heavy atom. The molecule has 3 rings (SSSR count). The average Bonchev–Trinajstić information content (AvgIpc) is 3.17. The van der Waals surface area contributed by atoms with Crippen LogP contribution in [0.2, 0.25) is 10.2 Å². The van der Waals surface area contributed by atoms with Crippen LogP contribution in [0.4, 0.5) is 0 Å². The number of hydrogen-bond donors (Lipinski definition) is 0. The highest BCUT2D eigenvalue weighted by Crippen LogP contribution is 2.39. The minimum Gasteiger partial charge on any atom is -0.439 e. The molecule has 5 heteroatoms. The van der Waals surface area contributed by atoms with Gasteiger partial charge in [0.15, 0.2) is 0 Å². The predicted octanol–water partition coefficient (Wildman–Crippen LogP) is 4.76. The summed E-state index contributed by atoms with van der Waals surface area (Å²) in [5.74, 6) is 2.38. The van der Waals surface area contributed by atoms with Crippen molar-refractivity contribution in [1.29, 1.82) is 0 Å². The third kappa shape index (κ3) is 2.99. The fourth-order valence-corrected chi connectivity index (χ4v) is 2.09. The molecule has 19 heavy (non-hydrogen) atoms. The van der Waals surface area contributed by atoms with Gasteiger partial charge in [0.1, 0.15) is 16.7 Å². The molecule has 0 unspecified atom stereocenters. The highest BCUT2D eigenvalue weighted by Gasteiger charge is 2.27. The average molecular weight is 295 g/mol. The zero-order valence-electron chi connectivity index (χ0n) is 10.4. The van der Waals surface area contributed by atoms with Crippen LogP contribution in [0.3, 0.4) is 0 Å². The van der Waals surface area contributed by atoms with E-state index in [9.17, 15) is 0 Å². The van der Waals surface area contributed by atoms with E-state index in [2.05, 4.69) is 9.97 Å². The predicted molar refractivity (Wildman–Crippen MR) is 75.3 cm³/mol. The Balaban J connectivity index is 1.87. The Kier molecular flexibility index (Phi) is 3.33. The van der Waals surface area contributed by atoms with Crippen molar-refractivity contribution in [3.63, 3.8) is 0 Å². The molecule has 0 radical (unpaired) electrons. The van der Waals surface area contributed by atoms with Crippen LogP contribution in [0.25, 0.3) is 0 Å². The van der Waals surface area contributed by atoms with Crippen LogP contribution >= 0.6 is 23.2 Å². The van der Waals surface area contributed by atoms with Crippen LogP contribution in [0.5, 0.6) is 11.6 Å². The van der Waals surface area contributed by atoms with E-state index in [1.54, 1.807) is 12.1 Å². The monoisotopic (exact) mass is 294 g/mol. The lowest BCUT2D eigenvalue weighted by Gasteiger charge is -2.08. The zero-order chi connectivity index (χ0) is 13.4. The van der Waals surface area contributed by atoms with E-state index in [1.807, 2.05) is 19.1 Å². The van der Waals surface area contributed by atoms with Crippen LogP contribution in [0, 0.1) is 6.92 Å². The first-order chi connectivity index (χ1) is 9.11. The normalized spacial score (nSPS) is 14.5. The second-order valence-corrected chi connectivity index (χ2v) is 5.47. The summed E-state index contributed by atoms with van der Waals surface area (Å²) in [4.78, 5) is 8.61. The Morgan fingerprint density at radius 1 is 1.16 bits per heavy atom. The van der Waals surface area contributed by atoms with Crippen molar-refractivity contribution < 1.29 is 4.74 Å². The molecular formula is C14H12Cl2N2O. The minimum absolute atomic E-state index is 0.414. The summed E-state index contributed by atoms with van der Waals surface area (Å²) in [5.41, 5.74) is 0.960. The van der Waals surface area contributed by atoms with Gasteiger partial charge in [-0.25, -0.2) is 4.98 Å². The number of rotatable bonds is 3. The van der Waals surface area contributed by atoms with Gasteiger partial charge in [-0.15, -0.1) is 0 Å². The maximum atomic E-state index is 5.99. The largest absolute Gasteiger partial charge is 0.439 e. The first-order valence-corrected chi connectivity index (χ1v) is 6.86. The van der Waals surface area contributed by atoms with Crippen LogP contribution in [-0.2, 0) is 0 Å². The molecular weight excluding hydrogens is 283 g/mol. The molecule has 98 valence electrons. The molecule has 1 aliphatic carbocycles. The van der Waals surface area contributed by atoms with Crippen molar-refractivity contribution in [2.75, 3.05) is 0 Å². The van der Waals surface area contributed by atoms with Crippen molar-refractivity contribution in [3.05, 3.63) is 45.8 Å². The summed E-state index contributed by atoms with van der Waals surface area (Å²) in [7, 11) is 0. The molecule has 0 saturated heterocycles. The first-order valence-electron chi connectivity index (χ1n) is 6.10. The Morgan fingerprint density at radius 2 is 1.95 bits per heavy atom. The summed E-state index contributed by atoms with van der Waals surface area (Å²) in [5, 5.41) is 1.13. The summed E-state index contributed by atoms with van der Waals surface area (Å²) in [6, 6.07) is 7.10. The fourth-order valence-electron chi connectivity index (χ4n) is 1.79. The van der Waals surface area contributed by atoms with Gasteiger partial charge in [-0.05, 0) is 43.5 Å². The number of ether oxygens (including phenoxy) is 1. The van der Waals surface area contributed by atoms with Crippen LogP contribution in [0.15, 0.2) is 24.3 Å². The van der Waals surface area contributed by atoms with E-state index in [0.717, 1.165) is 24.2 Å². The first kappa shape index (κ1) is 12.7. The second-order valence-electron chi connectivity index (χ2n) is 4.67. The van der Waals surface area contributed by atoms with Crippen molar-refractivity contribution in [2.45, 2.75) is 25.7 Å². The molecule has 1 aromatic heterocycles. The number of aryl methyl sites for hydroxylation is 1. The van der Waals surface area contributed by atoms with E-state index in [-0.39, 0.29) is 0 Å². The van der Waals surface area contributed by atoms with Crippen molar-refractivity contribution in [1.82, 2.24) is 9.97 Å². The van der Waals surface area contributed by atoms with Gasteiger partial charge >= 0.3 is 0 Å². The molecule has 0 spiro atoms. The molecule has 1 aromatic carbocycles. The van der Waals surface area contributed by atoms with Gasteiger partial charge in [0.2, 0.25) is 5.88 Å². The molecule has 1 aliphatic rings. The van der Waals surface area contributed by atoms with Crippen molar-refractivity contribution in [2.24, 2.45) is 0 Å². The van der Waals surface area contributed by atoms with E-state index < -0.39 is 0 Å². The van der Waals surface area contributed by atoms with Gasteiger partial charge in [-0.1, -0.05) is 23.2 Å². The number of hydrogen-bond acceptors (Lipinski definition) is 3. The molecule has 1 saturated carbocycles. The van der Waals surface area contributed by atoms with Crippen LogP contribution in [-0.4, -0.2) is 9.97 Å². The lowest BCUT2D eigenvalue weighted by molar-refractivity contribution is 0.458. The lowest BCUT2D eigenvalue weighted by atomic mass is 10.2. The number of halogens is 2. The van der Waals surface area contributed by atoms with E-state index in [1.165, 1.54) is 0 Å². The number of benzene rings is 1. The highest BCUT2D eigenvalue weighted by atomic mass is 35.5. The maximum absolute atomic E-state index is 5.99. The lowest BCUT2D eigenvalue weighted by Crippen LogP contribution is -1.96. The third-order valence-electron chi connectivity index (χ3n) is 2.98. The van der Waals surface area contributed by atoms with Gasteiger partial charge in [-0.2, -0.15) is 4.98 Å². The van der Waals surface area contributed by atoms with E-state index in [0.29, 0.717) is 27.7 Å². The minimum atomic E-state index is 0.414. The number of nitrogens with zero attached hydrogens (tertiary/aromatic N) is 2. The molecule has 0 bridgehead atoms. The second kappa shape index (κ2) is 4.99. The SMILES string of the molecule is Cc1cc(Oc2cc(Cl)nc(C3CC3)n2)ccc1Cl. The van der Waals surface area contributed by atoms with Gasteiger partial charge in [0, 0.05) is 17.0 Å². The molecule has 0 atom stereocenters. The maximum Gasteiger partial charge on any atom is 0.224 e. The van der Waals surface area contributed by atoms with Crippen LogP contribution < -0.4 is 4.74 Å². The number of aromatic nitrogens is 2. The van der Waals surface area contributed by atoms with Crippen LogP contribution in [0.1, 0.15) is 30.1 Å². The molecule has 0 N–H and O–H groups in total. The van der Waals surface area contributed by atoms with Crippen molar-refractivity contribution >= 4 is 23.2 Å². The third-order valence-corrected chi connectivity index (χ3v) is 3.60.